The van der Waals surface area contributed by atoms with Crippen LogP contribution in [0, 0.1) is 0 Å². The number of hydrogen-bond acceptors (Lipinski definition) is 10. The van der Waals surface area contributed by atoms with E-state index in [1.54, 1.807) is 34.8 Å². The van der Waals surface area contributed by atoms with Crippen molar-refractivity contribution >= 4 is 66.5 Å². The fraction of sp³-hybridized carbons (Fsp3) is 1.00. The Morgan fingerprint density at radius 3 is 2.13 bits per heavy atom. The molecule has 0 aromatic carbocycles. The average Bonchev–Trinajstić information content (AvgIpc) is 2.52. The molecule has 134 valence electrons. The van der Waals surface area contributed by atoms with E-state index >= 15 is 0 Å². The molecule has 0 rings (SSSR count). The predicted molar refractivity (Wildman–Crippen MR) is 109 cm³/mol. The summed E-state index contributed by atoms with van der Waals surface area (Å²) >= 11 is 11.3. The van der Waals surface area contributed by atoms with Gasteiger partial charge in [-0.15, -0.1) is 0 Å². The van der Waals surface area contributed by atoms with Crippen molar-refractivity contribution in [3.63, 3.8) is 0 Å². The van der Waals surface area contributed by atoms with Gasteiger partial charge in [0.1, 0.15) is 0 Å². The molecule has 0 aromatic rings. The molecule has 0 saturated heterocycles. The third-order valence-electron chi connectivity index (χ3n) is 2.33. The molecule has 0 heterocycles. The Kier molecular flexibility index (Phi) is 27.2. The summed E-state index contributed by atoms with van der Waals surface area (Å²) in [5.74, 6) is 1.93. The van der Waals surface area contributed by atoms with Gasteiger partial charge in [-0.3, -0.25) is 9.83 Å². The molecule has 0 aromatic heterocycles. The second kappa shape index (κ2) is 22.6. The van der Waals surface area contributed by atoms with Crippen molar-refractivity contribution in [3.8, 4) is 0 Å². The minimum atomic E-state index is 0. The van der Waals surface area contributed by atoms with E-state index in [1.165, 1.54) is 9.83 Å². The summed E-state index contributed by atoms with van der Waals surface area (Å²) in [5, 5.41) is 0.638. The van der Waals surface area contributed by atoms with Gasteiger partial charge in [-0.05, 0) is 0 Å². The molecule has 0 N–H and O–H groups in total. The minimum absolute atomic E-state index is 0. The topological polar surface area (TPSA) is 36.9 Å². The van der Waals surface area contributed by atoms with Crippen LogP contribution in [0.1, 0.15) is 0 Å². The Labute approximate surface area is 179 Å². The molecule has 0 amide bonds. The Hall–Kier alpha value is 2.54. The number of rotatable bonds is 17. The molecule has 4 nitrogen and oxygen atoms in total. The van der Waals surface area contributed by atoms with Crippen molar-refractivity contribution in [3.05, 3.63) is 0 Å². The zero-order valence-corrected chi connectivity index (χ0v) is 18.9. The van der Waals surface area contributed by atoms with Crippen LogP contribution in [-0.2, 0) is 30.6 Å². The van der Waals surface area contributed by atoms with Gasteiger partial charge in [-0.25, -0.2) is 0 Å². The second-order valence-corrected chi connectivity index (χ2v) is 11.0. The summed E-state index contributed by atoms with van der Waals surface area (Å²) in [5.41, 5.74) is 0. The van der Waals surface area contributed by atoms with E-state index in [4.69, 9.17) is 30.6 Å². The van der Waals surface area contributed by atoms with E-state index in [9.17, 15) is 0 Å². The smallest absolute Gasteiger partial charge is 0.706 e. The molecule has 0 aliphatic rings. The summed E-state index contributed by atoms with van der Waals surface area (Å²) in [7, 11) is 8.11. The van der Waals surface area contributed by atoms with Crippen LogP contribution >= 0.6 is 54.8 Å². The molecule has 2 atom stereocenters. The van der Waals surface area contributed by atoms with Gasteiger partial charge >= 0.3 is 18.9 Å². The largest absolute Gasteiger partial charge is 1.00 e. The van der Waals surface area contributed by atoms with Crippen LogP contribution in [0.15, 0.2) is 0 Å². The van der Waals surface area contributed by atoms with Gasteiger partial charge in [0, 0.05) is 36.2 Å². The Balaban J connectivity index is 0. The maximum Gasteiger partial charge on any atom is 1.00 e. The molecule has 0 fully saturated rings. The van der Waals surface area contributed by atoms with E-state index in [0.717, 1.165) is 11.5 Å². The summed E-state index contributed by atoms with van der Waals surface area (Å²) < 4.78 is 21.1. The summed E-state index contributed by atoms with van der Waals surface area (Å²) in [6.07, 6.45) is 0. The van der Waals surface area contributed by atoms with Gasteiger partial charge in [0.2, 0.25) is 0 Å². The molecule has 0 bridgehead atoms. The molecule has 0 spiro atoms. The number of hydrogen-bond donors (Lipinski definition) is 1. The van der Waals surface area contributed by atoms with Gasteiger partial charge in [-0.2, -0.15) is 24.4 Å². The Morgan fingerprint density at radius 2 is 1.57 bits per heavy atom. The van der Waals surface area contributed by atoms with E-state index in [-0.39, 0.29) is 24.1 Å². The first-order valence-corrected chi connectivity index (χ1v) is 12.9. The molecule has 0 saturated carbocycles. The molecular formula is C12H25LiO4S6. The second-order valence-electron chi connectivity index (χ2n) is 4.17. The third kappa shape index (κ3) is 20.7. The summed E-state index contributed by atoms with van der Waals surface area (Å²) in [4.78, 5) is 0. The van der Waals surface area contributed by atoms with Crippen molar-refractivity contribution in [2.45, 2.75) is 10.5 Å². The third-order valence-corrected chi connectivity index (χ3v) is 8.91. The van der Waals surface area contributed by atoms with Crippen LogP contribution in [0.2, 0.25) is 0 Å². The monoisotopic (exact) mass is 432 g/mol. The number of thiol groups is 1. The number of thioether (sulfide) groups is 1. The zero-order valence-electron chi connectivity index (χ0n) is 13.9. The first-order valence-electron chi connectivity index (χ1n) is 6.75. The Bertz CT molecular complexity index is 234. The van der Waals surface area contributed by atoms with Crippen LogP contribution < -0.4 is 18.9 Å². The van der Waals surface area contributed by atoms with Crippen LogP contribution in [0.25, 0.3) is 0 Å². The average molecular weight is 433 g/mol. The molecule has 11 heteroatoms. The van der Waals surface area contributed by atoms with E-state index in [0.29, 0.717) is 44.9 Å². The van der Waals surface area contributed by atoms with Gasteiger partial charge < -0.3 is 30.6 Å². The zero-order chi connectivity index (χ0) is 16.5. The normalized spacial score (nSPS) is 13.6. The van der Waals surface area contributed by atoms with Crippen LogP contribution in [-0.4, -0.2) is 75.9 Å². The van der Waals surface area contributed by atoms with E-state index in [2.05, 4.69) is 12.6 Å². The minimum Gasteiger partial charge on any atom is -0.706 e. The van der Waals surface area contributed by atoms with Gasteiger partial charge in [-0.1, -0.05) is 20.6 Å². The summed E-state index contributed by atoms with van der Waals surface area (Å²) in [6, 6.07) is 0. The predicted octanol–water partition coefficient (Wildman–Crippen LogP) is 0.208. The van der Waals surface area contributed by atoms with E-state index < -0.39 is 0 Å². The maximum atomic E-state index is 5.64. The SMILES string of the molecule is COCCOCC(S)CSC(COCCOC)CSSS[S-].[Li+]. The molecule has 23 heavy (non-hydrogen) atoms. The Morgan fingerprint density at radius 1 is 0.957 bits per heavy atom. The van der Waals surface area contributed by atoms with Gasteiger partial charge in [0.25, 0.3) is 0 Å². The number of ether oxygens (including phenoxy) is 4. The molecule has 0 radical (unpaired) electrons. The fourth-order valence-electron chi connectivity index (χ4n) is 1.28. The fourth-order valence-corrected chi connectivity index (χ4v) is 6.31. The van der Waals surface area contributed by atoms with Crippen molar-refractivity contribution in [2.75, 3.05) is 65.4 Å². The van der Waals surface area contributed by atoms with Crippen LogP contribution in [0.5, 0.6) is 0 Å². The van der Waals surface area contributed by atoms with Gasteiger partial charge in [0.05, 0.1) is 39.6 Å². The molecule has 0 aliphatic heterocycles. The van der Waals surface area contributed by atoms with E-state index in [1.807, 2.05) is 11.8 Å². The van der Waals surface area contributed by atoms with Crippen molar-refractivity contribution < 1.29 is 37.8 Å². The molecule has 0 aliphatic carbocycles. The first-order chi connectivity index (χ1) is 10.7. The first kappa shape index (κ1) is 27.8. The van der Waals surface area contributed by atoms with Crippen molar-refractivity contribution in [1.29, 1.82) is 0 Å². The van der Waals surface area contributed by atoms with Gasteiger partial charge in [0.15, 0.2) is 0 Å². The molecular weight excluding hydrogens is 407 g/mol. The van der Waals surface area contributed by atoms with Crippen LogP contribution in [0.3, 0.4) is 0 Å². The maximum absolute atomic E-state index is 5.64. The van der Waals surface area contributed by atoms with Crippen molar-refractivity contribution in [1.82, 2.24) is 0 Å². The quantitative estimate of drug-likeness (QED) is 0.114. The standard InChI is InChI=1S/C12H26O4S6.Li/c1-13-3-5-15-7-11(17)9-19-12(10-20-22-21-18)8-16-6-4-14-2;/h11-12,17-18H,3-10H2,1-2H3;/q;+1/p-1. The molecule has 2 unspecified atom stereocenters. The van der Waals surface area contributed by atoms with Crippen molar-refractivity contribution in [2.24, 2.45) is 0 Å². The number of methoxy groups -OCH3 is 2. The van der Waals surface area contributed by atoms with Crippen LogP contribution in [0.4, 0.5) is 0 Å². The summed E-state index contributed by atoms with van der Waals surface area (Å²) in [6.45, 7) is 3.85.